The summed E-state index contributed by atoms with van der Waals surface area (Å²) in [6.07, 6.45) is 1.31. The van der Waals surface area contributed by atoms with E-state index in [1.165, 1.54) is 44.9 Å². The van der Waals surface area contributed by atoms with Crippen molar-refractivity contribution in [1.82, 2.24) is 5.43 Å². The Bertz CT molecular complexity index is 1210. The summed E-state index contributed by atoms with van der Waals surface area (Å²) in [7, 11) is 4.36. The van der Waals surface area contributed by atoms with Crippen molar-refractivity contribution in [3.63, 3.8) is 0 Å². The van der Waals surface area contributed by atoms with Gasteiger partial charge in [-0.2, -0.15) is 5.10 Å². The normalized spacial score (nSPS) is 10.4. The zero-order valence-electron chi connectivity index (χ0n) is 18.5. The third-order valence-corrected chi connectivity index (χ3v) is 5.21. The molecule has 3 rings (SSSR count). The first-order chi connectivity index (χ1) is 16.4. The van der Waals surface area contributed by atoms with Gasteiger partial charge in [0.05, 0.1) is 33.2 Å². The zero-order valence-corrected chi connectivity index (χ0v) is 19.3. The molecule has 0 aliphatic carbocycles. The van der Waals surface area contributed by atoms with Gasteiger partial charge in [0.2, 0.25) is 0 Å². The quantitative estimate of drug-likeness (QED) is 0.166. The lowest BCUT2D eigenvalue weighted by Gasteiger charge is -2.11. The number of carbonyl (C=O) groups excluding carboxylic acids is 3. The van der Waals surface area contributed by atoms with E-state index in [2.05, 4.69) is 15.8 Å². The van der Waals surface area contributed by atoms with E-state index in [9.17, 15) is 14.4 Å². The van der Waals surface area contributed by atoms with Crippen molar-refractivity contribution in [2.24, 2.45) is 5.10 Å². The zero-order chi connectivity index (χ0) is 24.5. The molecule has 2 aromatic carbocycles. The highest BCUT2D eigenvalue weighted by molar-refractivity contribution is 7.12. The Morgan fingerprint density at radius 3 is 2.35 bits per heavy atom. The van der Waals surface area contributed by atoms with E-state index in [0.717, 1.165) is 0 Å². The Morgan fingerprint density at radius 1 is 0.882 bits per heavy atom. The molecule has 0 saturated heterocycles. The molecule has 0 bridgehead atoms. The molecule has 0 spiro atoms. The highest BCUT2D eigenvalue weighted by atomic mass is 32.1. The second-order valence-electron chi connectivity index (χ2n) is 6.50. The molecule has 0 fully saturated rings. The van der Waals surface area contributed by atoms with E-state index in [-0.39, 0.29) is 5.75 Å². The second kappa shape index (κ2) is 11.5. The van der Waals surface area contributed by atoms with Crippen LogP contribution in [-0.2, 0) is 9.59 Å². The van der Waals surface area contributed by atoms with Crippen molar-refractivity contribution < 1.29 is 33.3 Å². The van der Waals surface area contributed by atoms with E-state index in [4.69, 9.17) is 18.9 Å². The minimum atomic E-state index is -0.984. The van der Waals surface area contributed by atoms with Crippen molar-refractivity contribution in [3.8, 4) is 23.0 Å². The van der Waals surface area contributed by atoms with E-state index in [1.54, 1.807) is 47.8 Å². The Morgan fingerprint density at radius 2 is 1.68 bits per heavy atom. The van der Waals surface area contributed by atoms with Gasteiger partial charge < -0.3 is 24.3 Å². The van der Waals surface area contributed by atoms with E-state index in [0.29, 0.717) is 33.4 Å². The van der Waals surface area contributed by atoms with Crippen LogP contribution in [0.4, 0.5) is 5.69 Å². The largest absolute Gasteiger partial charge is 0.497 e. The lowest BCUT2D eigenvalue weighted by Crippen LogP contribution is -2.32. The minimum Gasteiger partial charge on any atom is -0.497 e. The Labute approximate surface area is 199 Å². The number of esters is 1. The molecular weight excluding hydrogens is 462 g/mol. The van der Waals surface area contributed by atoms with E-state index in [1.807, 2.05) is 0 Å². The number of thiophene rings is 1. The SMILES string of the molecule is COc1ccc(NC(=O)C(=O)N/N=C/c2ccc(OC(=O)c3cccs3)c(OC)c2)c(OC)c1. The molecule has 0 atom stereocenters. The second-order valence-corrected chi connectivity index (χ2v) is 7.44. The van der Waals surface area contributed by atoms with Crippen molar-refractivity contribution in [3.05, 3.63) is 64.4 Å². The molecule has 34 heavy (non-hydrogen) atoms. The number of nitrogens with zero attached hydrogens (tertiary/aromatic N) is 1. The Balaban J connectivity index is 1.60. The van der Waals surface area contributed by atoms with Crippen molar-refractivity contribution in [1.29, 1.82) is 0 Å². The Kier molecular flexibility index (Phi) is 8.19. The van der Waals surface area contributed by atoms with E-state index < -0.39 is 17.8 Å². The summed E-state index contributed by atoms with van der Waals surface area (Å²) in [6.45, 7) is 0. The van der Waals surface area contributed by atoms with Crippen LogP contribution in [0, 0.1) is 0 Å². The number of benzene rings is 2. The maximum absolute atomic E-state index is 12.2. The van der Waals surface area contributed by atoms with Crippen LogP contribution in [0.5, 0.6) is 23.0 Å². The topological polar surface area (TPSA) is 125 Å². The number of hydrogen-bond acceptors (Lipinski definition) is 9. The molecule has 176 valence electrons. The highest BCUT2D eigenvalue weighted by Crippen LogP contribution is 2.30. The predicted molar refractivity (Wildman–Crippen MR) is 126 cm³/mol. The fourth-order valence-corrected chi connectivity index (χ4v) is 3.29. The molecule has 0 aliphatic rings. The molecule has 2 N–H and O–H groups in total. The summed E-state index contributed by atoms with van der Waals surface area (Å²) in [6, 6.07) is 12.8. The average molecular weight is 484 g/mol. The summed E-state index contributed by atoms with van der Waals surface area (Å²) in [5.41, 5.74) is 2.97. The van der Waals surface area contributed by atoms with Gasteiger partial charge in [-0.3, -0.25) is 9.59 Å². The van der Waals surface area contributed by atoms with Gasteiger partial charge in [0, 0.05) is 6.07 Å². The first-order valence-corrected chi connectivity index (χ1v) is 10.6. The molecule has 0 unspecified atom stereocenters. The van der Waals surface area contributed by atoms with Gasteiger partial charge in [0.15, 0.2) is 11.5 Å². The maximum Gasteiger partial charge on any atom is 0.353 e. The molecular formula is C23H21N3O7S. The fraction of sp³-hybridized carbons (Fsp3) is 0.130. The van der Waals surface area contributed by atoms with Gasteiger partial charge in [-0.1, -0.05) is 6.07 Å². The van der Waals surface area contributed by atoms with Crippen LogP contribution < -0.4 is 29.7 Å². The highest BCUT2D eigenvalue weighted by Gasteiger charge is 2.16. The first kappa shape index (κ1) is 24.3. The molecule has 11 heteroatoms. The molecule has 0 radical (unpaired) electrons. The van der Waals surface area contributed by atoms with Gasteiger partial charge in [-0.25, -0.2) is 10.2 Å². The summed E-state index contributed by atoms with van der Waals surface area (Å²) in [5.74, 6) is -1.03. The predicted octanol–water partition coefficient (Wildman–Crippen LogP) is 3.08. The molecule has 0 saturated carbocycles. The molecule has 1 aromatic heterocycles. The monoisotopic (exact) mass is 483 g/mol. The van der Waals surface area contributed by atoms with Crippen LogP contribution in [0.25, 0.3) is 0 Å². The summed E-state index contributed by atoms with van der Waals surface area (Å²) < 4.78 is 20.9. The number of amides is 2. The smallest absolute Gasteiger partial charge is 0.353 e. The molecule has 0 aliphatic heterocycles. The summed E-state index contributed by atoms with van der Waals surface area (Å²) in [4.78, 5) is 36.9. The minimum absolute atomic E-state index is 0.231. The number of methoxy groups -OCH3 is 3. The number of hydrazone groups is 1. The Hall–Kier alpha value is -4.38. The average Bonchev–Trinajstić information content (AvgIpc) is 3.40. The number of nitrogens with one attached hydrogen (secondary N) is 2. The van der Waals surface area contributed by atoms with Crippen LogP contribution in [-0.4, -0.2) is 45.3 Å². The van der Waals surface area contributed by atoms with Crippen molar-refractivity contribution in [2.45, 2.75) is 0 Å². The first-order valence-electron chi connectivity index (χ1n) is 9.75. The molecule has 10 nitrogen and oxygen atoms in total. The number of rotatable bonds is 8. The molecule has 3 aromatic rings. The van der Waals surface area contributed by atoms with Gasteiger partial charge in [0.25, 0.3) is 0 Å². The number of anilines is 1. The molecule has 1 heterocycles. The van der Waals surface area contributed by atoms with Crippen LogP contribution in [0.1, 0.15) is 15.2 Å². The van der Waals surface area contributed by atoms with Gasteiger partial charge in [0.1, 0.15) is 16.4 Å². The molecule has 2 amide bonds. The van der Waals surface area contributed by atoms with Crippen LogP contribution in [0.3, 0.4) is 0 Å². The summed E-state index contributed by atoms with van der Waals surface area (Å²) >= 11 is 1.26. The van der Waals surface area contributed by atoms with Crippen LogP contribution >= 0.6 is 11.3 Å². The maximum atomic E-state index is 12.2. The van der Waals surface area contributed by atoms with Gasteiger partial charge in [-0.05, 0) is 47.3 Å². The lowest BCUT2D eigenvalue weighted by atomic mass is 10.2. The third-order valence-electron chi connectivity index (χ3n) is 4.36. The van der Waals surface area contributed by atoms with Gasteiger partial charge in [-0.15, -0.1) is 11.3 Å². The third kappa shape index (κ3) is 6.11. The van der Waals surface area contributed by atoms with Crippen LogP contribution in [0.15, 0.2) is 59.0 Å². The summed E-state index contributed by atoms with van der Waals surface area (Å²) in [5, 5.41) is 8.00. The van der Waals surface area contributed by atoms with Gasteiger partial charge >= 0.3 is 17.8 Å². The van der Waals surface area contributed by atoms with Crippen LogP contribution in [0.2, 0.25) is 0 Å². The number of hydrogen-bond donors (Lipinski definition) is 2. The number of carbonyl (C=O) groups is 3. The fourth-order valence-electron chi connectivity index (χ4n) is 2.69. The van der Waals surface area contributed by atoms with Crippen molar-refractivity contribution >= 4 is 41.0 Å². The number of ether oxygens (including phenoxy) is 4. The van der Waals surface area contributed by atoms with Crippen molar-refractivity contribution in [2.75, 3.05) is 26.6 Å². The van der Waals surface area contributed by atoms with E-state index >= 15 is 0 Å². The standard InChI is InChI=1S/C23H21N3O7S/c1-30-15-7-8-16(18(12-15)31-2)25-21(27)22(28)26-24-13-14-6-9-17(19(11-14)32-3)33-23(29)20-5-4-10-34-20/h4-13H,1-3H3,(H,25,27)(H,26,28)/b24-13+. The lowest BCUT2D eigenvalue weighted by molar-refractivity contribution is -0.136.